The van der Waals surface area contributed by atoms with Crippen LogP contribution in [0.4, 0.5) is 4.79 Å². The summed E-state index contributed by atoms with van der Waals surface area (Å²) in [4.78, 5) is 24.9. The first-order chi connectivity index (χ1) is 6.07. The third kappa shape index (κ3) is 5.42. The lowest BCUT2D eigenvalue weighted by Crippen LogP contribution is -2.23. The molecule has 0 saturated carbocycles. The molecule has 0 heterocycles. The first kappa shape index (κ1) is 11.2. The van der Waals surface area contributed by atoms with Crippen molar-refractivity contribution in [2.45, 2.75) is 6.92 Å². The Labute approximate surface area is 74.9 Å². The summed E-state index contributed by atoms with van der Waals surface area (Å²) in [6.07, 6.45) is 0.566. The predicted octanol–water partition coefficient (Wildman–Crippen LogP) is 0.359. The van der Waals surface area contributed by atoms with E-state index in [9.17, 15) is 9.59 Å². The Bertz CT molecular complexity index is 247. The molecule has 0 atom stereocenters. The molecule has 0 aliphatic carbocycles. The molecule has 6 heteroatoms. The minimum atomic E-state index is -1.03. The number of nitrogens with one attached hydrogen (secondary N) is 1. The zero-order chi connectivity index (χ0) is 10.3. The molecule has 72 valence electrons. The number of hydrogen-bond donors (Lipinski definition) is 2. The number of amides is 1. The molecule has 0 unspecified atom stereocenters. The number of nitrogens with zero attached hydrogens (tertiary/aromatic N) is 1. The maximum Gasteiger partial charge on any atom is 0.433 e. The highest BCUT2D eigenvalue weighted by molar-refractivity contribution is 5.85. The van der Waals surface area contributed by atoms with Crippen LogP contribution < -0.4 is 5.32 Å². The van der Waals surface area contributed by atoms with Crippen molar-refractivity contribution in [3.63, 3.8) is 0 Å². The number of hydrogen-bond acceptors (Lipinski definition) is 4. The van der Waals surface area contributed by atoms with E-state index in [0.29, 0.717) is 0 Å². The van der Waals surface area contributed by atoms with E-state index in [4.69, 9.17) is 5.11 Å². The van der Waals surface area contributed by atoms with Gasteiger partial charge in [0.15, 0.2) is 0 Å². The second kappa shape index (κ2) is 5.76. The smallest absolute Gasteiger partial charge is 0.433 e. The summed E-state index contributed by atoms with van der Waals surface area (Å²) in [7, 11) is 0. The number of carbonyl (C=O) groups excluding carboxylic acids is 1. The third-order valence-electron chi connectivity index (χ3n) is 1.14. The molecule has 0 aromatic carbocycles. The molecule has 0 aliphatic rings. The molecule has 1 amide bonds. The van der Waals surface area contributed by atoms with Crippen LogP contribution in [-0.4, -0.2) is 30.4 Å². The van der Waals surface area contributed by atoms with Crippen LogP contribution in [0, 0.1) is 0 Å². The van der Waals surface area contributed by atoms with Crippen LogP contribution in [0.3, 0.4) is 0 Å². The van der Waals surface area contributed by atoms with Gasteiger partial charge in [0.1, 0.15) is 0 Å². The number of carbonyl (C=O) groups is 2. The molecular weight excluding hydrogens is 176 g/mol. The van der Waals surface area contributed by atoms with Gasteiger partial charge in [0, 0.05) is 18.8 Å². The van der Waals surface area contributed by atoms with Gasteiger partial charge in [-0.05, 0) is 6.92 Å². The molecule has 0 aliphatic heterocycles. The SMILES string of the molecule is C=NOC(=O)NC/C=C(\C)C(=O)O. The standard InChI is InChI=1S/C7H10N2O4/c1-5(6(10)11)3-4-9-7(12)13-8-2/h3H,2,4H2,1H3,(H,9,12)(H,10,11)/b5-3+. The summed E-state index contributed by atoms with van der Waals surface area (Å²) >= 11 is 0. The highest BCUT2D eigenvalue weighted by Gasteiger charge is 2.00. The Kier molecular flexibility index (Phi) is 4.94. The molecule has 0 rings (SSSR count). The van der Waals surface area contributed by atoms with E-state index in [-0.39, 0.29) is 12.1 Å². The summed E-state index contributed by atoms with van der Waals surface area (Å²) < 4.78 is 0. The maximum atomic E-state index is 10.6. The Morgan fingerprint density at radius 2 is 2.31 bits per heavy atom. The van der Waals surface area contributed by atoms with Gasteiger partial charge in [-0.3, -0.25) is 4.84 Å². The first-order valence-corrected chi connectivity index (χ1v) is 3.39. The first-order valence-electron chi connectivity index (χ1n) is 3.39. The normalized spacial score (nSPS) is 10.4. The van der Waals surface area contributed by atoms with Gasteiger partial charge in [-0.2, -0.15) is 0 Å². The van der Waals surface area contributed by atoms with Crippen LogP contribution in [0.15, 0.2) is 16.8 Å². The van der Waals surface area contributed by atoms with Gasteiger partial charge in [0.2, 0.25) is 0 Å². The molecule has 0 radical (unpaired) electrons. The summed E-state index contributed by atoms with van der Waals surface area (Å²) in [6.45, 7) is 4.42. The van der Waals surface area contributed by atoms with E-state index in [2.05, 4.69) is 22.0 Å². The highest BCUT2D eigenvalue weighted by Crippen LogP contribution is 1.89. The summed E-state index contributed by atoms with van der Waals surface area (Å²) in [6, 6.07) is 0. The second-order valence-corrected chi connectivity index (χ2v) is 2.08. The van der Waals surface area contributed by atoms with E-state index in [0.717, 1.165) is 0 Å². The topological polar surface area (TPSA) is 88.0 Å². The number of carboxylic acids is 1. The average molecular weight is 186 g/mol. The van der Waals surface area contributed by atoms with Crippen LogP contribution in [0.2, 0.25) is 0 Å². The fraction of sp³-hybridized carbons (Fsp3) is 0.286. The predicted molar refractivity (Wildman–Crippen MR) is 45.4 cm³/mol. The van der Waals surface area contributed by atoms with Crippen molar-refractivity contribution in [2.75, 3.05) is 6.54 Å². The third-order valence-corrected chi connectivity index (χ3v) is 1.14. The molecule has 0 fully saturated rings. The molecule has 0 spiro atoms. The molecule has 2 N–H and O–H groups in total. The fourth-order valence-electron chi connectivity index (χ4n) is 0.466. The van der Waals surface area contributed by atoms with Crippen LogP contribution in [0.5, 0.6) is 0 Å². The molecule has 0 bridgehead atoms. The second-order valence-electron chi connectivity index (χ2n) is 2.08. The van der Waals surface area contributed by atoms with Crippen LogP contribution >= 0.6 is 0 Å². The van der Waals surface area contributed by atoms with Crippen LogP contribution in [0.25, 0.3) is 0 Å². The van der Waals surface area contributed by atoms with E-state index >= 15 is 0 Å². The Balaban J connectivity index is 3.78. The quantitative estimate of drug-likeness (QED) is 0.287. The molecule has 6 nitrogen and oxygen atoms in total. The van der Waals surface area contributed by atoms with E-state index in [1.165, 1.54) is 13.0 Å². The lowest BCUT2D eigenvalue weighted by atomic mass is 10.3. The van der Waals surface area contributed by atoms with Crippen molar-refractivity contribution in [1.82, 2.24) is 5.32 Å². The zero-order valence-corrected chi connectivity index (χ0v) is 7.11. The van der Waals surface area contributed by atoms with Gasteiger partial charge in [-0.15, -0.1) is 0 Å². The van der Waals surface area contributed by atoms with Crippen molar-refractivity contribution < 1.29 is 19.5 Å². The van der Waals surface area contributed by atoms with Gasteiger partial charge >= 0.3 is 12.1 Å². The van der Waals surface area contributed by atoms with Crippen LogP contribution in [-0.2, 0) is 9.63 Å². The largest absolute Gasteiger partial charge is 0.478 e. The van der Waals surface area contributed by atoms with Gasteiger partial charge in [0.25, 0.3) is 0 Å². The Hall–Kier alpha value is -1.85. The summed E-state index contributed by atoms with van der Waals surface area (Å²) in [5.41, 5.74) is 0.145. The van der Waals surface area contributed by atoms with Crippen molar-refractivity contribution in [3.05, 3.63) is 11.6 Å². The van der Waals surface area contributed by atoms with Crippen molar-refractivity contribution in [1.29, 1.82) is 0 Å². The number of carboxylic acid groups (broad SMARTS) is 1. The zero-order valence-electron chi connectivity index (χ0n) is 7.11. The van der Waals surface area contributed by atoms with Gasteiger partial charge in [-0.1, -0.05) is 11.2 Å². The van der Waals surface area contributed by atoms with Gasteiger partial charge in [-0.25, -0.2) is 9.59 Å². The number of rotatable bonds is 4. The number of aliphatic carboxylic acids is 1. The minimum Gasteiger partial charge on any atom is -0.478 e. The van der Waals surface area contributed by atoms with Crippen molar-refractivity contribution in [3.8, 4) is 0 Å². The number of oxime groups is 1. The fourth-order valence-corrected chi connectivity index (χ4v) is 0.466. The van der Waals surface area contributed by atoms with E-state index < -0.39 is 12.1 Å². The van der Waals surface area contributed by atoms with Crippen molar-refractivity contribution in [2.24, 2.45) is 5.16 Å². The molecular formula is C7H10N2O4. The molecule has 0 aromatic rings. The van der Waals surface area contributed by atoms with Crippen molar-refractivity contribution >= 4 is 18.8 Å². The summed E-state index contributed by atoms with van der Waals surface area (Å²) in [5, 5.41) is 13.5. The molecule has 0 saturated heterocycles. The maximum absolute atomic E-state index is 10.6. The highest BCUT2D eigenvalue weighted by atomic mass is 16.7. The Morgan fingerprint density at radius 1 is 1.69 bits per heavy atom. The molecule has 0 aromatic heterocycles. The monoisotopic (exact) mass is 186 g/mol. The van der Waals surface area contributed by atoms with Gasteiger partial charge < -0.3 is 10.4 Å². The lowest BCUT2D eigenvalue weighted by molar-refractivity contribution is -0.132. The van der Waals surface area contributed by atoms with E-state index in [1.54, 1.807) is 0 Å². The summed E-state index contributed by atoms with van der Waals surface area (Å²) in [5.74, 6) is -1.03. The average Bonchev–Trinajstić information content (AvgIpc) is 2.04. The van der Waals surface area contributed by atoms with E-state index in [1.807, 2.05) is 0 Å². The lowest BCUT2D eigenvalue weighted by Gasteiger charge is -1.98. The molecule has 13 heavy (non-hydrogen) atoms. The Morgan fingerprint density at radius 3 is 2.77 bits per heavy atom. The van der Waals surface area contributed by atoms with Crippen LogP contribution in [0.1, 0.15) is 6.92 Å². The van der Waals surface area contributed by atoms with Gasteiger partial charge in [0.05, 0.1) is 0 Å². The minimum absolute atomic E-state index is 0.0759.